The normalized spacial score (nSPS) is 20.3. The highest BCUT2D eigenvalue weighted by Crippen LogP contribution is 2.36. The SMILES string of the molecule is CCCn1c(C)nnc1CN1CCC[C@H]1[C@@](C)(O)c1ccc(OC)cc1. The fourth-order valence-electron chi connectivity index (χ4n) is 4.01. The van der Waals surface area contributed by atoms with Crippen LogP contribution in [0.25, 0.3) is 0 Å². The summed E-state index contributed by atoms with van der Waals surface area (Å²) in [6.07, 6.45) is 3.11. The molecule has 2 atom stereocenters. The number of benzene rings is 1. The highest BCUT2D eigenvalue weighted by molar-refractivity contribution is 5.31. The molecule has 0 saturated carbocycles. The molecule has 1 aliphatic rings. The van der Waals surface area contributed by atoms with E-state index < -0.39 is 5.60 Å². The van der Waals surface area contributed by atoms with Crippen molar-refractivity contribution in [2.45, 2.75) is 64.8 Å². The molecule has 1 aromatic carbocycles. The molecule has 0 bridgehead atoms. The maximum atomic E-state index is 11.4. The van der Waals surface area contributed by atoms with Gasteiger partial charge in [0.05, 0.1) is 13.7 Å². The fourth-order valence-corrected chi connectivity index (χ4v) is 4.01. The number of methoxy groups -OCH3 is 1. The molecule has 0 unspecified atom stereocenters. The van der Waals surface area contributed by atoms with E-state index in [1.807, 2.05) is 38.1 Å². The minimum Gasteiger partial charge on any atom is -0.497 e. The predicted octanol–water partition coefficient (Wildman–Crippen LogP) is 2.88. The second kappa shape index (κ2) is 7.76. The highest BCUT2D eigenvalue weighted by Gasteiger charge is 2.41. The molecule has 2 heterocycles. The molecule has 1 aromatic heterocycles. The van der Waals surface area contributed by atoms with Crippen LogP contribution in [0.2, 0.25) is 0 Å². The van der Waals surface area contributed by atoms with Crippen molar-refractivity contribution in [1.29, 1.82) is 0 Å². The number of rotatable bonds is 7. The predicted molar refractivity (Wildman–Crippen MR) is 101 cm³/mol. The third-order valence-electron chi connectivity index (χ3n) is 5.49. The molecule has 26 heavy (non-hydrogen) atoms. The lowest BCUT2D eigenvalue weighted by atomic mass is 9.86. The molecule has 2 aromatic rings. The summed E-state index contributed by atoms with van der Waals surface area (Å²) in [5.74, 6) is 2.75. The van der Waals surface area contributed by atoms with E-state index >= 15 is 0 Å². The van der Waals surface area contributed by atoms with Gasteiger partial charge in [0.15, 0.2) is 0 Å². The van der Waals surface area contributed by atoms with E-state index in [1.54, 1.807) is 7.11 Å². The molecule has 6 heteroatoms. The van der Waals surface area contributed by atoms with Crippen LogP contribution in [0, 0.1) is 6.92 Å². The molecular formula is C20H30N4O2. The molecule has 142 valence electrons. The Morgan fingerprint density at radius 3 is 2.65 bits per heavy atom. The van der Waals surface area contributed by atoms with E-state index in [4.69, 9.17) is 4.74 Å². The van der Waals surface area contributed by atoms with E-state index in [-0.39, 0.29) is 6.04 Å². The Balaban J connectivity index is 1.80. The zero-order valence-electron chi connectivity index (χ0n) is 16.3. The van der Waals surface area contributed by atoms with Crippen LogP contribution >= 0.6 is 0 Å². The average molecular weight is 358 g/mol. The zero-order valence-corrected chi connectivity index (χ0v) is 16.3. The Labute approximate surface area is 155 Å². The van der Waals surface area contributed by atoms with Crippen LogP contribution < -0.4 is 4.74 Å². The number of hydrogen-bond acceptors (Lipinski definition) is 5. The van der Waals surface area contributed by atoms with Crippen LogP contribution in [0.15, 0.2) is 24.3 Å². The van der Waals surface area contributed by atoms with Crippen LogP contribution in [-0.4, -0.2) is 44.5 Å². The summed E-state index contributed by atoms with van der Waals surface area (Å²) >= 11 is 0. The molecular weight excluding hydrogens is 328 g/mol. The number of hydrogen-bond donors (Lipinski definition) is 1. The smallest absolute Gasteiger partial charge is 0.147 e. The van der Waals surface area contributed by atoms with Gasteiger partial charge in [-0.3, -0.25) is 4.90 Å². The molecule has 0 spiro atoms. The van der Waals surface area contributed by atoms with Gasteiger partial charge in [-0.1, -0.05) is 19.1 Å². The van der Waals surface area contributed by atoms with Gasteiger partial charge in [-0.05, 0) is 57.4 Å². The van der Waals surface area contributed by atoms with Gasteiger partial charge < -0.3 is 14.4 Å². The first-order valence-corrected chi connectivity index (χ1v) is 9.47. The van der Waals surface area contributed by atoms with Crippen LogP contribution in [-0.2, 0) is 18.7 Å². The van der Waals surface area contributed by atoms with Gasteiger partial charge in [-0.15, -0.1) is 10.2 Å². The minimum absolute atomic E-state index is 0.0583. The van der Waals surface area contributed by atoms with Crippen molar-refractivity contribution in [3.63, 3.8) is 0 Å². The zero-order chi connectivity index (χ0) is 18.7. The lowest BCUT2D eigenvalue weighted by molar-refractivity contribution is -0.0264. The fraction of sp³-hybridized carbons (Fsp3) is 0.600. The Bertz CT molecular complexity index is 724. The van der Waals surface area contributed by atoms with Gasteiger partial charge in [0.1, 0.15) is 23.0 Å². The third-order valence-corrected chi connectivity index (χ3v) is 5.49. The summed E-state index contributed by atoms with van der Waals surface area (Å²) in [6.45, 7) is 8.70. The number of aryl methyl sites for hydroxylation is 1. The number of nitrogens with zero attached hydrogens (tertiary/aromatic N) is 4. The number of likely N-dealkylation sites (tertiary alicyclic amines) is 1. The van der Waals surface area contributed by atoms with Gasteiger partial charge in [0.25, 0.3) is 0 Å². The topological polar surface area (TPSA) is 63.4 Å². The lowest BCUT2D eigenvalue weighted by Crippen LogP contribution is -2.45. The Hall–Kier alpha value is -1.92. The molecule has 0 amide bonds. The Morgan fingerprint density at radius 2 is 2.00 bits per heavy atom. The van der Waals surface area contributed by atoms with E-state index in [0.717, 1.165) is 61.9 Å². The first-order chi connectivity index (χ1) is 12.5. The van der Waals surface area contributed by atoms with Crippen LogP contribution in [0.3, 0.4) is 0 Å². The monoisotopic (exact) mass is 358 g/mol. The van der Waals surface area contributed by atoms with E-state index in [2.05, 4.69) is 26.6 Å². The minimum atomic E-state index is -0.923. The van der Waals surface area contributed by atoms with Crippen molar-refractivity contribution in [2.24, 2.45) is 0 Å². The quantitative estimate of drug-likeness (QED) is 0.824. The summed E-state index contributed by atoms with van der Waals surface area (Å²) in [6, 6.07) is 7.79. The van der Waals surface area contributed by atoms with Crippen LogP contribution in [0.1, 0.15) is 50.3 Å². The molecule has 6 nitrogen and oxygen atoms in total. The number of aliphatic hydroxyl groups is 1. The maximum absolute atomic E-state index is 11.4. The van der Waals surface area contributed by atoms with Crippen LogP contribution in [0.4, 0.5) is 0 Å². The first-order valence-electron chi connectivity index (χ1n) is 9.47. The standard InChI is InChI=1S/C20H30N4O2/c1-5-12-24-15(2)21-22-19(24)14-23-13-6-7-18(23)20(3,25)16-8-10-17(26-4)11-9-16/h8-11,18,25H,5-7,12-14H2,1-4H3/t18-,20-/m0/s1. The second-order valence-corrected chi connectivity index (χ2v) is 7.32. The largest absolute Gasteiger partial charge is 0.497 e. The van der Waals surface area contributed by atoms with Gasteiger partial charge in [-0.25, -0.2) is 0 Å². The number of ether oxygens (including phenoxy) is 1. The molecule has 1 N–H and O–H groups in total. The summed E-state index contributed by atoms with van der Waals surface area (Å²) in [7, 11) is 1.65. The second-order valence-electron chi connectivity index (χ2n) is 7.32. The molecule has 0 radical (unpaired) electrons. The molecule has 1 fully saturated rings. The van der Waals surface area contributed by atoms with Crippen molar-refractivity contribution < 1.29 is 9.84 Å². The first kappa shape index (κ1) is 18.9. The van der Waals surface area contributed by atoms with Gasteiger partial charge in [0, 0.05) is 12.6 Å². The molecule has 1 aliphatic heterocycles. The van der Waals surface area contributed by atoms with Crippen molar-refractivity contribution in [3.05, 3.63) is 41.5 Å². The summed E-state index contributed by atoms with van der Waals surface area (Å²) in [4.78, 5) is 2.35. The van der Waals surface area contributed by atoms with E-state index in [0.29, 0.717) is 0 Å². The van der Waals surface area contributed by atoms with Crippen molar-refractivity contribution >= 4 is 0 Å². The Morgan fingerprint density at radius 1 is 1.27 bits per heavy atom. The van der Waals surface area contributed by atoms with E-state index in [9.17, 15) is 5.11 Å². The molecule has 0 aliphatic carbocycles. The van der Waals surface area contributed by atoms with Gasteiger partial charge >= 0.3 is 0 Å². The van der Waals surface area contributed by atoms with Crippen molar-refractivity contribution in [1.82, 2.24) is 19.7 Å². The summed E-state index contributed by atoms with van der Waals surface area (Å²) < 4.78 is 7.43. The Kier molecular flexibility index (Phi) is 5.63. The maximum Gasteiger partial charge on any atom is 0.147 e. The van der Waals surface area contributed by atoms with Gasteiger partial charge in [0.2, 0.25) is 0 Å². The van der Waals surface area contributed by atoms with Crippen molar-refractivity contribution in [2.75, 3.05) is 13.7 Å². The molecule has 1 saturated heterocycles. The summed E-state index contributed by atoms with van der Waals surface area (Å²) in [5.41, 5.74) is -0.00522. The third kappa shape index (κ3) is 3.62. The van der Waals surface area contributed by atoms with Crippen molar-refractivity contribution in [3.8, 4) is 5.75 Å². The summed E-state index contributed by atoms with van der Waals surface area (Å²) in [5, 5.41) is 20.0. The average Bonchev–Trinajstić information content (AvgIpc) is 3.24. The number of aromatic nitrogens is 3. The lowest BCUT2D eigenvalue weighted by Gasteiger charge is -2.37. The highest BCUT2D eigenvalue weighted by atomic mass is 16.5. The molecule has 3 rings (SSSR count). The van der Waals surface area contributed by atoms with Gasteiger partial charge in [-0.2, -0.15) is 0 Å². The van der Waals surface area contributed by atoms with Crippen LogP contribution in [0.5, 0.6) is 5.75 Å². The van der Waals surface area contributed by atoms with E-state index in [1.165, 1.54) is 0 Å².